The predicted molar refractivity (Wildman–Crippen MR) is 150 cm³/mol. The van der Waals surface area contributed by atoms with Gasteiger partial charge in [-0.1, -0.05) is 54.6 Å². The SMILES string of the molecule is COc1ccc(/C=C/C(=O)c2ccc(NC(=O)/C(=C/c3ccccc3F)NC(=O)c3ccccc3)cc2)cc1. The first-order valence-electron chi connectivity index (χ1n) is 12.0. The maximum atomic E-state index is 14.3. The van der Waals surface area contributed by atoms with Gasteiger partial charge in [0.1, 0.15) is 17.3 Å². The van der Waals surface area contributed by atoms with Crippen molar-refractivity contribution in [2.24, 2.45) is 0 Å². The van der Waals surface area contributed by atoms with E-state index in [4.69, 9.17) is 4.74 Å². The highest BCUT2D eigenvalue weighted by atomic mass is 19.1. The molecule has 0 unspecified atom stereocenters. The Balaban J connectivity index is 1.48. The number of methoxy groups -OCH3 is 1. The Kier molecular flexibility index (Phi) is 8.77. The molecule has 0 aromatic heterocycles. The normalized spacial score (nSPS) is 11.2. The quantitative estimate of drug-likeness (QED) is 0.205. The summed E-state index contributed by atoms with van der Waals surface area (Å²) in [5.41, 5.74) is 2.01. The lowest BCUT2D eigenvalue weighted by Crippen LogP contribution is -2.30. The second-order valence-electron chi connectivity index (χ2n) is 8.40. The number of benzene rings is 4. The van der Waals surface area contributed by atoms with Crippen molar-refractivity contribution < 1.29 is 23.5 Å². The molecule has 0 spiro atoms. The van der Waals surface area contributed by atoms with Gasteiger partial charge in [0.25, 0.3) is 11.8 Å². The zero-order chi connectivity index (χ0) is 27.6. The van der Waals surface area contributed by atoms with Crippen LogP contribution in [0.1, 0.15) is 31.8 Å². The number of carbonyl (C=O) groups excluding carboxylic acids is 3. The van der Waals surface area contributed by atoms with Crippen LogP contribution >= 0.6 is 0 Å². The van der Waals surface area contributed by atoms with E-state index >= 15 is 0 Å². The van der Waals surface area contributed by atoms with E-state index in [0.29, 0.717) is 16.8 Å². The van der Waals surface area contributed by atoms with Crippen LogP contribution < -0.4 is 15.4 Å². The van der Waals surface area contributed by atoms with Gasteiger partial charge in [-0.15, -0.1) is 0 Å². The third-order valence-electron chi connectivity index (χ3n) is 5.70. The summed E-state index contributed by atoms with van der Waals surface area (Å²) in [6, 6.07) is 27.9. The fraction of sp³-hybridized carbons (Fsp3) is 0.0312. The van der Waals surface area contributed by atoms with Gasteiger partial charge in [0, 0.05) is 22.4 Å². The van der Waals surface area contributed by atoms with Crippen LogP contribution in [0.4, 0.5) is 10.1 Å². The summed E-state index contributed by atoms with van der Waals surface area (Å²) in [5.74, 6) is -1.19. The van der Waals surface area contributed by atoms with Crippen molar-refractivity contribution >= 4 is 35.4 Å². The fourth-order valence-corrected chi connectivity index (χ4v) is 3.59. The molecule has 0 aliphatic heterocycles. The lowest BCUT2D eigenvalue weighted by atomic mass is 10.1. The molecule has 0 bridgehead atoms. The third kappa shape index (κ3) is 7.36. The maximum Gasteiger partial charge on any atom is 0.272 e. The van der Waals surface area contributed by atoms with Crippen LogP contribution in [0.15, 0.2) is 115 Å². The molecular weight excluding hydrogens is 495 g/mol. The van der Waals surface area contributed by atoms with Crippen molar-refractivity contribution in [2.75, 3.05) is 12.4 Å². The number of amides is 2. The van der Waals surface area contributed by atoms with E-state index in [1.807, 2.05) is 12.1 Å². The van der Waals surface area contributed by atoms with Crippen LogP contribution in [0, 0.1) is 5.82 Å². The Morgan fingerprint density at radius 3 is 2.10 bits per heavy atom. The smallest absolute Gasteiger partial charge is 0.272 e. The van der Waals surface area contributed by atoms with Crippen LogP contribution in [0.5, 0.6) is 5.75 Å². The Bertz CT molecular complexity index is 1530. The highest BCUT2D eigenvalue weighted by molar-refractivity contribution is 6.11. The zero-order valence-corrected chi connectivity index (χ0v) is 21.1. The maximum absolute atomic E-state index is 14.3. The van der Waals surface area contributed by atoms with Gasteiger partial charge in [0.15, 0.2) is 5.78 Å². The number of ether oxygens (including phenoxy) is 1. The molecule has 0 saturated heterocycles. The summed E-state index contributed by atoms with van der Waals surface area (Å²) in [7, 11) is 1.58. The molecule has 2 amide bonds. The second kappa shape index (κ2) is 12.8. The number of hydrogen-bond donors (Lipinski definition) is 2. The average Bonchev–Trinajstić information content (AvgIpc) is 2.97. The number of anilines is 1. The van der Waals surface area contributed by atoms with Gasteiger partial charge in [-0.2, -0.15) is 0 Å². The Morgan fingerprint density at radius 1 is 0.769 bits per heavy atom. The van der Waals surface area contributed by atoms with Crippen LogP contribution in [0.25, 0.3) is 12.2 Å². The van der Waals surface area contributed by atoms with Gasteiger partial charge in [0.2, 0.25) is 0 Å². The van der Waals surface area contributed by atoms with E-state index < -0.39 is 17.6 Å². The molecule has 0 atom stereocenters. The molecule has 6 nitrogen and oxygen atoms in total. The summed E-state index contributed by atoms with van der Waals surface area (Å²) in [4.78, 5) is 38.4. The first kappa shape index (κ1) is 26.8. The molecule has 0 fully saturated rings. The highest BCUT2D eigenvalue weighted by Gasteiger charge is 2.16. The van der Waals surface area contributed by atoms with E-state index in [0.717, 1.165) is 11.3 Å². The number of rotatable bonds is 9. The molecule has 2 N–H and O–H groups in total. The minimum absolute atomic E-state index is 0.139. The van der Waals surface area contributed by atoms with Gasteiger partial charge in [-0.05, 0) is 72.3 Å². The molecule has 4 aromatic rings. The van der Waals surface area contributed by atoms with Gasteiger partial charge in [-0.25, -0.2) is 4.39 Å². The largest absolute Gasteiger partial charge is 0.497 e. The molecular formula is C32H25FN2O4. The molecule has 0 saturated carbocycles. The van der Waals surface area contributed by atoms with Crippen molar-refractivity contribution in [3.8, 4) is 5.75 Å². The Labute approximate surface area is 225 Å². The van der Waals surface area contributed by atoms with Crippen molar-refractivity contribution in [2.45, 2.75) is 0 Å². The van der Waals surface area contributed by atoms with Gasteiger partial charge in [-0.3, -0.25) is 14.4 Å². The molecule has 0 heterocycles. The molecule has 0 radical (unpaired) electrons. The Morgan fingerprint density at radius 2 is 1.44 bits per heavy atom. The zero-order valence-electron chi connectivity index (χ0n) is 21.1. The van der Waals surface area contributed by atoms with Crippen molar-refractivity contribution in [1.29, 1.82) is 0 Å². The van der Waals surface area contributed by atoms with Crippen molar-refractivity contribution in [3.05, 3.63) is 143 Å². The van der Waals surface area contributed by atoms with Crippen LogP contribution in [0.3, 0.4) is 0 Å². The van der Waals surface area contributed by atoms with E-state index in [-0.39, 0.29) is 17.0 Å². The second-order valence-corrected chi connectivity index (χ2v) is 8.40. The van der Waals surface area contributed by atoms with Gasteiger partial charge < -0.3 is 15.4 Å². The van der Waals surface area contributed by atoms with Crippen LogP contribution in [0.2, 0.25) is 0 Å². The van der Waals surface area contributed by atoms with E-state index in [9.17, 15) is 18.8 Å². The number of carbonyl (C=O) groups is 3. The fourth-order valence-electron chi connectivity index (χ4n) is 3.59. The average molecular weight is 521 g/mol. The number of nitrogens with one attached hydrogen (secondary N) is 2. The van der Waals surface area contributed by atoms with Crippen LogP contribution in [-0.4, -0.2) is 24.7 Å². The van der Waals surface area contributed by atoms with Crippen molar-refractivity contribution in [1.82, 2.24) is 5.32 Å². The van der Waals surface area contributed by atoms with Crippen molar-refractivity contribution in [3.63, 3.8) is 0 Å². The van der Waals surface area contributed by atoms with Gasteiger partial charge in [0.05, 0.1) is 7.11 Å². The minimum atomic E-state index is -0.652. The number of allylic oxidation sites excluding steroid dienone is 1. The monoisotopic (exact) mass is 520 g/mol. The molecule has 0 aliphatic carbocycles. The molecule has 4 rings (SSSR count). The Hall–Kier alpha value is -5.30. The summed E-state index contributed by atoms with van der Waals surface area (Å²) in [6.45, 7) is 0. The molecule has 194 valence electrons. The standard InChI is InChI=1S/C32H25FN2O4/c1-39-27-18-11-22(12-19-27)13-20-30(36)23-14-16-26(17-15-23)34-32(38)29(21-25-9-5-6-10-28(25)33)35-31(37)24-7-3-2-4-8-24/h2-21H,1H3,(H,34,38)(H,35,37)/b20-13+,29-21-. The number of ketones is 1. The summed E-state index contributed by atoms with van der Waals surface area (Å²) in [5, 5.41) is 5.26. The van der Waals surface area contributed by atoms with Gasteiger partial charge >= 0.3 is 0 Å². The molecule has 0 aliphatic rings. The molecule has 4 aromatic carbocycles. The lowest BCUT2D eigenvalue weighted by molar-refractivity contribution is -0.113. The summed E-state index contributed by atoms with van der Waals surface area (Å²) < 4.78 is 19.4. The number of hydrogen-bond acceptors (Lipinski definition) is 4. The molecule has 7 heteroatoms. The van der Waals surface area contributed by atoms with E-state index in [2.05, 4.69) is 10.6 Å². The summed E-state index contributed by atoms with van der Waals surface area (Å²) >= 11 is 0. The first-order chi connectivity index (χ1) is 18.9. The lowest BCUT2D eigenvalue weighted by Gasteiger charge is -2.12. The van der Waals surface area contributed by atoms with E-state index in [1.165, 1.54) is 30.4 Å². The molecule has 39 heavy (non-hydrogen) atoms. The number of halogens is 1. The minimum Gasteiger partial charge on any atom is -0.497 e. The van der Waals surface area contributed by atoms with Crippen LogP contribution in [-0.2, 0) is 4.79 Å². The van der Waals surface area contributed by atoms with E-state index in [1.54, 1.807) is 86.0 Å². The predicted octanol–water partition coefficient (Wildman–Crippen LogP) is 6.14. The summed E-state index contributed by atoms with van der Waals surface area (Å²) in [6.07, 6.45) is 4.43. The highest BCUT2D eigenvalue weighted by Crippen LogP contribution is 2.16. The topological polar surface area (TPSA) is 84.5 Å². The third-order valence-corrected chi connectivity index (χ3v) is 5.70. The first-order valence-corrected chi connectivity index (χ1v) is 12.0.